The first-order valence-corrected chi connectivity index (χ1v) is 8.48. The molecule has 6 heteroatoms. The molecular formula is C20H20BNO4. The summed E-state index contributed by atoms with van der Waals surface area (Å²) in [4.78, 5) is 0. The molecule has 0 fully saturated rings. The molecule has 0 saturated heterocycles. The summed E-state index contributed by atoms with van der Waals surface area (Å²) in [6.07, 6.45) is 1.74. The molecule has 26 heavy (non-hydrogen) atoms. The summed E-state index contributed by atoms with van der Waals surface area (Å²) in [6, 6.07) is 12.7. The van der Waals surface area contributed by atoms with Crippen LogP contribution in [0.3, 0.4) is 0 Å². The van der Waals surface area contributed by atoms with Crippen LogP contribution in [0.2, 0.25) is 0 Å². The third-order valence-electron chi connectivity index (χ3n) is 4.09. The van der Waals surface area contributed by atoms with E-state index in [1.54, 1.807) is 30.3 Å². The van der Waals surface area contributed by atoms with Gasteiger partial charge in [-0.1, -0.05) is 11.6 Å². The van der Waals surface area contributed by atoms with Crippen LogP contribution in [0.1, 0.15) is 30.9 Å². The van der Waals surface area contributed by atoms with Gasteiger partial charge in [-0.15, -0.1) is 6.58 Å². The minimum absolute atomic E-state index is 0.359. The highest BCUT2D eigenvalue weighted by molar-refractivity contribution is 6.61. The van der Waals surface area contributed by atoms with Gasteiger partial charge in [-0.25, -0.2) is 0 Å². The molecule has 2 aromatic rings. The van der Waals surface area contributed by atoms with E-state index >= 15 is 0 Å². The van der Waals surface area contributed by atoms with Crippen LogP contribution in [-0.2, 0) is 11.3 Å². The van der Waals surface area contributed by atoms with Crippen molar-refractivity contribution in [2.45, 2.75) is 26.4 Å². The van der Waals surface area contributed by atoms with Crippen molar-refractivity contribution in [1.82, 2.24) is 0 Å². The Labute approximate surface area is 153 Å². The molecule has 5 nitrogen and oxygen atoms in total. The molecule has 132 valence electrons. The fourth-order valence-electron chi connectivity index (χ4n) is 2.74. The molecule has 1 aliphatic heterocycles. The third kappa shape index (κ3) is 4.26. The maximum atomic E-state index is 9.68. The van der Waals surface area contributed by atoms with Crippen molar-refractivity contribution < 1.29 is 19.2 Å². The smallest absolute Gasteiger partial charge is 0.491 e. The second-order valence-electron chi connectivity index (χ2n) is 6.30. The van der Waals surface area contributed by atoms with Crippen molar-refractivity contribution >= 4 is 12.6 Å². The van der Waals surface area contributed by atoms with Crippen LogP contribution in [-0.4, -0.2) is 18.7 Å². The van der Waals surface area contributed by atoms with Crippen LogP contribution in [0, 0.1) is 11.3 Å². The predicted molar refractivity (Wildman–Crippen MR) is 99.6 cm³/mol. The fourth-order valence-corrected chi connectivity index (χ4v) is 2.74. The number of hydrogen-bond acceptors (Lipinski definition) is 5. The molecule has 0 aromatic heterocycles. The Hall–Kier alpha value is -2.75. The monoisotopic (exact) mass is 349 g/mol. The predicted octanol–water partition coefficient (Wildman–Crippen LogP) is 3.30. The first-order valence-electron chi connectivity index (χ1n) is 8.48. The number of nitriles is 1. The van der Waals surface area contributed by atoms with E-state index in [2.05, 4.69) is 12.6 Å². The number of benzene rings is 2. The average Bonchev–Trinajstić information content (AvgIpc) is 2.99. The molecule has 0 radical (unpaired) electrons. The van der Waals surface area contributed by atoms with Crippen LogP contribution in [0.15, 0.2) is 48.6 Å². The van der Waals surface area contributed by atoms with Gasteiger partial charge in [0.2, 0.25) is 0 Å². The van der Waals surface area contributed by atoms with E-state index in [-0.39, 0.29) is 0 Å². The van der Waals surface area contributed by atoms with E-state index in [0.717, 1.165) is 29.4 Å². The Balaban J connectivity index is 1.71. The first-order chi connectivity index (χ1) is 12.6. The zero-order valence-corrected chi connectivity index (χ0v) is 14.7. The van der Waals surface area contributed by atoms with Gasteiger partial charge in [-0.3, -0.25) is 0 Å². The van der Waals surface area contributed by atoms with E-state index in [0.29, 0.717) is 36.0 Å². The van der Waals surface area contributed by atoms with Gasteiger partial charge in [0, 0.05) is 6.07 Å². The summed E-state index contributed by atoms with van der Waals surface area (Å²) < 4.78 is 16.8. The van der Waals surface area contributed by atoms with Crippen molar-refractivity contribution in [1.29, 1.82) is 5.26 Å². The molecule has 1 heterocycles. The summed E-state index contributed by atoms with van der Waals surface area (Å²) >= 11 is 0. The number of rotatable bonds is 7. The summed E-state index contributed by atoms with van der Waals surface area (Å²) in [6.45, 7) is 6.73. The minimum atomic E-state index is -0.867. The van der Waals surface area contributed by atoms with E-state index in [9.17, 15) is 10.3 Å². The Morgan fingerprint density at radius 3 is 2.85 bits per heavy atom. The zero-order chi connectivity index (χ0) is 18.5. The highest BCUT2D eigenvalue weighted by Crippen LogP contribution is 2.29. The zero-order valence-electron chi connectivity index (χ0n) is 14.7. The molecule has 0 aliphatic carbocycles. The highest BCUT2D eigenvalue weighted by Gasteiger charge is 2.27. The van der Waals surface area contributed by atoms with Crippen molar-refractivity contribution in [2.75, 3.05) is 6.61 Å². The summed E-state index contributed by atoms with van der Waals surface area (Å²) in [5, 5.41) is 18.9. The molecule has 0 atom stereocenters. The Kier molecular flexibility index (Phi) is 5.62. The van der Waals surface area contributed by atoms with E-state index in [4.69, 9.17) is 14.1 Å². The Bertz CT molecular complexity index is 859. The van der Waals surface area contributed by atoms with E-state index in [1.807, 2.05) is 13.0 Å². The van der Waals surface area contributed by atoms with Gasteiger partial charge in [0.1, 0.15) is 23.3 Å². The number of nitrogens with zero attached hydrogens (tertiary/aromatic N) is 1. The largest absolute Gasteiger partial charge is 0.492 e. The van der Waals surface area contributed by atoms with Crippen LogP contribution >= 0.6 is 0 Å². The molecule has 0 amide bonds. The van der Waals surface area contributed by atoms with Gasteiger partial charge in [0.15, 0.2) is 0 Å². The van der Waals surface area contributed by atoms with E-state index in [1.165, 1.54) is 0 Å². The second kappa shape index (κ2) is 8.09. The lowest BCUT2D eigenvalue weighted by Gasteiger charge is -2.11. The molecular weight excluding hydrogens is 329 g/mol. The maximum Gasteiger partial charge on any atom is 0.491 e. The third-order valence-corrected chi connectivity index (χ3v) is 4.09. The SMILES string of the molecule is C=C(C)CCCOc1cc(Oc2ccc3c(c2)COB3O)ccc1C#N. The lowest BCUT2D eigenvalue weighted by atomic mass is 9.80. The van der Waals surface area contributed by atoms with Crippen molar-refractivity contribution in [3.05, 3.63) is 59.7 Å². The number of hydrogen-bond donors (Lipinski definition) is 1. The molecule has 0 bridgehead atoms. The lowest BCUT2D eigenvalue weighted by molar-refractivity contribution is 0.275. The summed E-state index contributed by atoms with van der Waals surface area (Å²) in [5.41, 5.74) is 3.24. The second-order valence-corrected chi connectivity index (χ2v) is 6.30. The van der Waals surface area contributed by atoms with Crippen molar-refractivity contribution in [3.63, 3.8) is 0 Å². The normalized spacial score (nSPS) is 12.4. The Morgan fingerprint density at radius 2 is 2.08 bits per heavy atom. The minimum Gasteiger partial charge on any atom is -0.492 e. The molecule has 0 spiro atoms. The Morgan fingerprint density at radius 1 is 1.31 bits per heavy atom. The first kappa shape index (κ1) is 18.1. The van der Waals surface area contributed by atoms with Gasteiger partial charge in [0.05, 0.1) is 18.8 Å². The fraction of sp³-hybridized carbons (Fsp3) is 0.250. The standard InChI is InChI=1S/C20H20BNO4/c1-14(2)4-3-9-24-20-11-18(6-5-15(20)12-22)26-17-7-8-19-16(10-17)13-25-21(19)23/h5-8,10-11,23H,1,3-4,9,13H2,2H3. The highest BCUT2D eigenvalue weighted by atomic mass is 16.5. The average molecular weight is 349 g/mol. The van der Waals surface area contributed by atoms with Gasteiger partial charge in [-0.05, 0) is 55.1 Å². The topological polar surface area (TPSA) is 71.7 Å². The lowest BCUT2D eigenvalue weighted by Crippen LogP contribution is -2.27. The molecule has 1 N–H and O–H groups in total. The number of allylic oxidation sites excluding steroid dienone is 1. The van der Waals surface area contributed by atoms with E-state index < -0.39 is 7.12 Å². The van der Waals surface area contributed by atoms with Crippen LogP contribution in [0.25, 0.3) is 0 Å². The number of fused-ring (bicyclic) bond motifs is 1. The van der Waals surface area contributed by atoms with Crippen molar-refractivity contribution in [3.8, 4) is 23.3 Å². The van der Waals surface area contributed by atoms with Crippen molar-refractivity contribution in [2.24, 2.45) is 0 Å². The summed E-state index contributed by atoms with van der Waals surface area (Å²) in [7, 11) is -0.867. The van der Waals surface area contributed by atoms with Gasteiger partial charge < -0.3 is 19.2 Å². The van der Waals surface area contributed by atoms with Crippen LogP contribution in [0.4, 0.5) is 0 Å². The molecule has 0 unspecified atom stereocenters. The van der Waals surface area contributed by atoms with Gasteiger partial charge >= 0.3 is 7.12 Å². The van der Waals surface area contributed by atoms with Crippen LogP contribution < -0.4 is 14.9 Å². The molecule has 0 saturated carbocycles. The molecule has 1 aliphatic rings. The van der Waals surface area contributed by atoms with Gasteiger partial charge in [0.25, 0.3) is 0 Å². The summed E-state index contributed by atoms with van der Waals surface area (Å²) in [5.74, 6) is 1.73. The van der Waals surface area contributed by atoms with Gasteiger partial charge in [-0.2, -0.15) is 5.26 Å². The molecule has 2 aromatic carbocycles. The molecule has 3 rings (SSSR count). The quantitative estimate of drug-likeness (QED) is 0.472. The number of ether oxygens (including phenoxy) is 2. The van der Waals surface area contributed by atoms with Crippen LogP contribution in [0.5, 0.6) is 17.2 Å². The maximum absolute atomic E-state index is 9.68.